The zero-order chi connectivity index (χ0) is 9.80. The Balaban J connectivity index is 1.38. The predicted octanol–water partition coefficient (Wildman–Crippen LogP) is 0.137. The molecule has 2 aliphatic heterocycles. The molecule has 0 spiro atoms. The van der Waals surface area contributed by atoms with E-state index in [0.29, 0.717) is 25.9 Å². The molecule has 0 aromatic carbocycles. The van der Waals surface area contributed by atoms with Gasteiger partial charge in [0.25, 0.3) is 0 Å². The Bertz CT molecular complexity index is 149. The molecule has 2 saturated heterocycles. The van der Waals surface area contributed by atoms with Crippen molar-refractivity contribution in [1.82, 2.24) is 0 Å². The van der Waals surface area contributed by atoms with Crippen LogP contribution in [0, 0.1) is 0 Å². The molecule has 82 valence electrons. The molecule has 0 N–H and O–H groups in total. The lowest BCUT2D eigenvalue weighted by atomic mass is 10.4. The average molecular weight is 204 g/mol. The van der Waals surface area contributed by atoms with Gasteiger partial charge in [0.2, 0.25) is 0 Å². The minimum Gasteiger partial charge on any atom is -0.376 e. The summed E-state index contributed by atoms with van der Waals surface area (Å²) in [6, 6.07) is 0. The first-order valence-electron chi connectivity index (χ1n) is 4.94. The van der Waals surface area contributed by atoms with E-state index in [0.717, 1.165) is 13.2 Å². The predicted molar refractivity (Wildman–Crippen MR) is 46.8 cm³/mol. The Morgan fingerprint density at radius 3 is 2.50 bits per heavy atom. The van der Waals surface area contributed by atoms with Gasteiger partial charge in [0.15, 0.2) is 0 Å². The standard InChI is InChI=1S/C9H16O5/c1-7(2-10-3-8-4-11-8)14-13-6-9-5-12-9/h7-9H,2-6H2,1H3. The molecular weight excluding hydrogens is 188 g/mol. The highest BCUT2D eigenvalue weighted by Gasteiger charge is 2.24. The summed E-state index contributed by atoms with van der Waals surface area (Å²) in [5.74, 6) is 0. The van der Waals surface area contributed by atoms with Crippen LogP contribution in [0.3, 0.4) is 0 Å². The van der Waals surface area contributed by atoms with Gasteiger partial charge in [-0.3, -0.25) is 0 Å². The number of epoxide rings is 2. The summed E-state index contributed by atoms with van der Waals surface area (Å²) in [5.41, 5.74) is 0. The van der Waals surface area contributed by atoms with Gasteiger partial charge < -0.3 is 14.2 Å². The molecule has 2 aliphatic rings. The van der Waals surface area contributed by atoms with E-state index in [1.54, 1.807) is 0 Å². The Labute approximate surface area is 83.1 Å². The minimum absolute atomic E-state index is 0.0486. The fourth-order valence-corrected chi connectivity index (χ4v) is 0.953. The van der Waals surface area contributed by atoms with Crippen molar-refractivity contribution in [2.24, 2.45) is 0 Å². The second-order valence-electron chi connectivity index (χ2n) is 3.64. The normalized spacial score (nSPS) is 31.5. The average Bonchev–Trinajstić information content (AvgIpc) is 2.99. The van der Waals surface area contributed by atoms with E-state index >= 15 is 0 Å². The van der Waals surface area contributed by atoms with Gasteiger partial charge >= 0.3 is 0 Å². The van der Waals surface area contributed by atoms with Crippen molar-refractivity contribution >= 4 is 0 Å². The molecule has 2 rings (SSSR count). The molecule has 0 saturated carbocycles. The number of rotatable bonds is 8. The molecule has 5 heteroatoms. The Morgan fingerprint density at radius 2 is 1.86 bits per heavy atom. The molecule has 0 aromatic rings. The number of ether oxygens (including phenoxy) is 3. The first-order chi connectivity index (χ1) is 6.84. The van der Waals surface area contributed by atoms with Crippen molar-refractivity contribution in [3.8, 4) is 0 Å². The second kappa shape index (κ2) is 5.04. The van der Waals surface area contributed by atoms with Gasteiger partial charge in [-0.2, -0.15) is 0 Å². The van der Waals surface area contributed by atoms with Crippen LogP contribution in [0.4, 0.5) is 0 Å². The summed E-state index contributed by atoms with van der Waals surface area (Å²) in [5, 5.41) is 0. The van der Waals surface area contributed by atoms with Crippen molar-refractivity contribution in [2.45, 2.75) is 25.2 Å². The third-order valence-electron chi connectivity index (χ3n) is 1.95. The first kappa shape index (κ1) is 10.3. The van der Waals surface area contributed by atoms with E-state index in [-0.39, 0.29) is 12.2 Å². The number of hydrogen-bond acceptors (Lipinski definition) is 5. The highest BCUT2D eigenvalue weighted by Crippen LogP contribution is 2.10. The SMILES string of the molecule is CC(COCC1CO1)OOCC1CO1. The maximum atomic E-state index is 5.33. The van der Waals surface area contributed by atoms with Crippen LogP contribution in [0.1, 0.15) is 6.92 Å². The maximum Gasteiger partial charge on any atom is 0.113 e. The molecule has 3 unspecified atom stereocenters. The van der Waals surface area contributed by atoms with Gasteiger partial charge in [0, 0.05) is 0 Å². The van der Waals surface area contributed by atoms with Crippen LogP contribution in [0.25, 0.3) is 0 Å². The smallest absolute Gasteiger partial charge is 0.113 e. The third kappa shape index (κ3) is 4.34. The molecule has 0 amide bonds. The van der Waals surface area contributed by atoms with E-state index < -0.39 is 0 Å². The van der Waals surface area contributed by atoms with Gasteiger partial charge in [-0.1, -0.05) is 0 Å². The molecule has 0 aliphatic carbocycles. The van der Waals surface area contributed by atoms with Gasteiger partial charge in [-0.05, 0) is 6.92 Å². The fraction of sp³-hybridized carbons (Fsp3) is 1.00. The summed E-state index contributed by atoms with van der Waals surface area (Å²) in [7, 11) is 0. The van der Waals surface area contributed by atoms with Crippen LogP contribution in [-0.2, 0) is 24.0 Å². The van der Waals surface area contributed by atoms with Crippen molar-refractivity contribution in [1.29, 1.82) is 0 Å². The van der Waals surface area contributed by atoms with Crippen molar-refractivity contribution in [2.75, 3.05) is 33.0 Å². The van der Waals surface area contributed by atoms with Crippen molar-refractivity contribution in [3.05, 3.63) is 0 Å². The van der Waals surface area contributed by atoms with Crippen LogP contribution in [-0.4, -0.2) is 51.3 Å². The van der Waals surface area contributed by atoms with Crippen LogP contribution in [0.2, 0.25) is 0 Å². The summed E-state index contributed by atoms with van der Waals surface area (Å²) < 4.78 is 15.3. The lowest BCUT2D eigenvalue weighted by molar-refractivity contribution is -0.328. The Hall–Kier alpha value is -0.200. The molecule has 0 aromatic heterocycles. The van der Waals surface area contributed by atoms with E-state index in [4.69, 9.17) is 24.0 Å². The van der Waals surface area contributed by atoms with E-state index in [1.165, 1.54) is 0 Å². The largest absolute Gasteiger partial charge is 0.376 e. The zero-order valence-electron chi connectivity index (χ0n) is 8.31. The first-order valence-corrected chi connectivity index (χ1v) is 4.94. The van der Waals surface area contributed by atoms with E-state index in [1.807, 2.05) is 6.92 Å². The summed E-state index contributed by atoms with van der Waals surface area (Å²) >= 11 is 0. The lowest BCUT2D eigenvalue weighted by Gasteiger charge is -2.11. The molecule has 0 bridgehead atoms. The maximum absolute atomic E-state index is 5.33. The van der Waals surface area contributed by atoms with Crippen molar-refractivity contribution < 1.29 is 24.0 Å². The van der Waals surface area contributed by atoms with Crippen LogP contribution >= 0.6 is 0 Å². The summed E-state index contributed by atoms with van der Waals surface area (Å²) in [6.07, 6.45) is 0.499. The van der Waals surface area contributed by atoms with E-state index in [2.05, 4.69) is 0 Å². The Kier molecular flexibility index (Phi) is 3.72. The highest BCUT2D eigenvalue weighted by atomic mass is 17.2. The zero-order valence-corrected chi connectivity index (χ0v) is 8.31. The van der Waals surface area contributed by atoms with E-state index in [9.17, 15) is 0 Å². The van der Waals surface area contributed by atoms with Crippen LogP contribution in [0.5, 0.6) is 0 Å². The third-order valence-corrected chi connectivity index (χ3v) is 1.95. The Morgan fingerprint density at radius 1 is 1.21 bits per heavy atom. The summed E-state index contributed by atoms with van der Waals surface area (Å²) in [4.78, 5) is 10.0. The lowest BCUT2D eigenvalue weighted by Crippen LogP contribution is -2.19. The molecule has 14 heavy (non-hydrogen) atoms. The van der Waals surface area contributed by atoms with Crippen LogP contribution < -0.4 is 0 Å². The van der Waals surface area contributed by atoms with Gasteiger partial charge in [-0.25, -0.2) is 9.78 Å². The second-order valence-corrected chi connectivity index (χ2v) is 3.64. The molecule has 3 atom stereocenters. The van der Waals surface area contributed by atoms with Gasteiger partial charge in [-0.15, -0.1) is 0 Å². The fourth-order valence-electron chi connectivity index (χ4n) is 0.953. The molecule has 5 nitrogen and oxygen atoms in total. The monoisotopic (exact) mass is 204 g/mol. The molecule has 2 fully saturated rings. The van der Waals surface area contributed by atoms with Crippen molar-refractivity contribution in [3.63, 3.8) is 0 Å². The number of hydrogen-bond donors (Lipinski definition) is 0. The van der Waals surface area contributed by atoms with Crippen LogP contribution in [0.15, 0.2) is 0 Å². The summed E-state index contributed by atoms with van der Waals surface area (Å²) in [6.45, 7) is 5.21. The highest BCUT2D eigenvalue weighted by molar-refractivity contribution is 4.67. The van der Waals surface area contributed by atoms with Gasteiger partial charge in [0.1, 0.15) is 24.9 Å². The topological polar surface area (TPSA) is 52.8 Å². The molecule has 0 radical (unpaired) electrons. The van der Waals surface area contributed by atoms with Gasteiger partial charge in [0.05, 0.1) is 26.4 Å². The quantitative estimate of drug-likeness (QED) is 0.320. The minimum atomic E-state index is -0.0486. The molecule has 2 heterocycles. The molecular formula is C9H16O5.